The molecule has 0 fully saturated rings. The standard InChI is InChI=1S/C22H19BrN2O2/c1-15(16-7-3-2-4-8-16)24-22(27)19-9-5-6-10-20(19)25-21(26)17-11-13-18(23)14-12-17/h2-15H,1H3,(H,24,27)(H,25,26)/t15-/m1/s1. The van der Waals surface area contributed by atoms with Crippen LogP contribution in [0, 0.1) is 0 Å². The van der Waals surface area contributed by atoms with Crippen LogP contribution in [0.4, 0.5) is 5.69 Å². The maximum atomic E-state index is 12.7. The van der Waals surface area contributed by atoms with Crippen molar-refractivity contribution in [1.82, 2.24) is 5.32 Å². The first-order valence-corrected chi connectivity index (χ1v) is 9.35. The number of rotatable bonds is 5. The van der Waals surface area contributed by atoms with E-state index in [0.717, 1.165) is 10.0 Å². The Kier molecular flexibility index (Phi) is 6.04. The van der Waals surface area contributed by atoms with E-state index >= 15 is 0 Å². The lowest BCUT2D eigenvalue weighted by molar-refractivity contribution is 0.0941. The summed E-state index contributed by atoms with van der Waals surface area (Å²) in [5, 5.41) is 5.80. The Morgan fingerprint density at radius 3 is 2.15 bits per heavy atom. The average molecular weight is 423 g/mol. The minimum absolute atomic E-state index is 0.145. The Morgan fingerprint density at radius 1 is 0.815 bits per heavy atom. The van der Waals surface area contributed by atoms with Crippen molar-refractivity contribution in [2.75, 3.05) is 5.32 Å². The minimum Gasteiger partial charge on any atom is -0.345 e. The van der Waals surface area contributed by atoms with Gasteiger partial charge in [0.25, 0.3) is 11.8 Å². The molecule has 0 saturated carbocycles. The number of carbonyl (C=O) groups is 2. The number of benzene rings is 3. The van der Waals surface area contributed by atoms with Gasteiger partial charge in [-0.3, -0.25) is 9.59 Å². The topological polar surface area (TPSA) is 58.2 Å². The third-order valence-corrected chi connectivity index (χ3v) is 4.70. The van der Waals surface area contributed by atoms with Crippen LogP contribution in [0.15, 0.2) is 83.3 Å². The first-order valence-electron chi connectivity index (χ1n) is 8.56. The van der Waals surface area contributed by atoms with E-state index in [1.807, 2.05) is 37.3 Å². The summed E-state index contributed by atoms with van der Waals surface area (Å²) in [6.07, 6.45) is 0. The quantitative estimate of drug-likeness (QED) is 0.593. The first kappa shape index (κ1) is 18.9. The highest BCUT2D eigenvalue weighted by Crippen LogP contribution is 2.19. The molecule has 0 aromatic heterocycles. The van der Waals surface area contributed by atoms with Gasteiger partial charge in [-0.05, 0) is 48.9 Å². The fourth-order valence-corrected chi connectivity index (χ4v) is 2.95. The van der Waals surface area contributed by atoms with Gasteiger partial charge in [0.1, 0.15) is 0 Å². The second kappa shape index (κ2) is 8.64. The number of amides is 2. The van der Waals surface area contributed by atoms with Gasteiger partial charge in [0.15, 0.2) is 0 Å². The average Bonchev–Trinajstić information content (AvgIpc) is 2.69. The number of nitrogens with one attached hydrogen (secondary N) is 2. The number of hydrogen-bond donors (Lipinski definition) is 2. The van der Waals surface area contributed by atoms with Crippen molar-refractivity contribution in [2.45, 2.75) is 13.0 Å². The molecular formula is C22H19BrN2O2. The highest BCUT2D eigenvalue weighted by atomic mass is 79.9. The van der Waals surface area contributed by atoms with Gasteiger partial charge in [-0.25, -0.2) is 0 Å². The fourth-order valence-electron chi connectivity index (χ4n) is 2.69. The molecule has 136 valence electrons. The molecule has 3 aromatic carbocycles. The summed E-state index contributed by atoms with van der Waals surface area (Å²) in [4.78, 5) is 25.2. The maximum Gasteiger partial charge on any atom is 0.255 e. The molecule has 0 aliphatic carbocycles. The second-order valence-electron chi connectivity index (χ2n) is 6.11. The third-order valence-electron chi connectivity index (χ3n) is 4.17. The van der Waals surface area contributed by atoms with Crippen LogP contribution in [0.3, 0.4) is 0 Å². The van der Waals surface area contributed by atoms with E-state index in [0.29, 0.717) is 16.8 Å². The number of hydrogen-bond acceptors (Lipinski definition) is 2. The summed E-state index contributed by atoms with van der Waals surface area (Å²) in [6, 6.07) is 23.6. The number of para-hydroxylation sites is 1. The molecule has 4 nitrogen and oxygen atoms in total. The monoisotopic (exact) mass is 422 g/mol. The van der Waals surface area contributed by atoms with Gasteiger partial charge < -0.3 is 10.6 Å². The lowest BCUT2D eigenvalue weighted by atomic mass is 10.1. The summed E-state index contributed by atoms with van der Waals surface area (Å²) < 4.78 is 0.897. The molecule has 0 saturated heterocycles. The third kappa shape index (κ3) is 4.83. The molecule has 3 aromatic rings. The predicted molar refractivity (Wildman–Crippen MR) is 111 cm³/mol. The molecule has 0 spiro atoms. The van der Waals surface area contributed by atoms with Gasteiger partial charge in [-0.15, -0.1) is 0 Å². The summed E-state index contributed by atoms with van der Waals surface area (Å²) >= 11 is 3.35. The van der Waals surface area contributed by atoms with Gasteiger partial charge in [0.05, 0.1) is 17.3 Å². The Bertz CT molecular complexity index is 940. The second-order valence-corrected chi connectivity index (χ2v) is 7.03. The molecule has 0 heterocycles. The smallest absolute Gasteiger partial charge is 0.255 e. The Labute approximate surface area is 166 Å². The van der Waals surface area contributed by atoms with E-state index in [2.05, 4.69) is 26.6 Å². The van der Waals surface area contributed by atoms with Crippen molar-refractivity contribution in [3.05, 3.63) is 100 Å². The lowest BCUT2D eigenvalue weighted by Gasteiger charge is -2.16. The van der Waals surface area contributed by atoms with E-state index in [1.165, 1.54) is 0 Å². The Morgan fingerprint density at radius 2 is 1.44 bits per heavy atom. The molecule has 5 heteroatoms. The van der Waals surface area contributed by atoms with E-state index in [4.69, 9.17) is 0 Å². The Hall–Kier alpha value is -2.92. The van der Waals surface area contributed by atoms with Crippen LogP contribution in [0.5, 0.6) is 0 Å². The molecule has 3 rings (SSSR count). The highest BCUT2D eigenvalue weighted by Gasteiger charge is 2.16. The highest BCUT2D eigenvalue weighted by molar-refractivity contribution is 9.10. The van der Waals surface area contributed by atoms with Crippen molar-refractivity contribution in [1.29, 1.82) is 0 Å². The van der Waals surface area contributed by atoms with Crippen LogP contribution >= 0.6 is 15.9 Å². The molecule has 0 radical (unpaired) electrons. The van der Waals surface area contributed by atoms with Crippen molar-refractivity contribution in [2.24, 2.45) is 0 Å². The molecule has 0 bridgehead atoms. The lowest BCUT2D eigenvalue weighted by Crippen LogP contribution is -2.28. The van der Waals surface area contributed by atoms with Crippen LogP contribution in [-0.4, -0.2) is 11.8 Å². The van der Waals surface area contributed by atoms with Gasteiger partial charge in [-0.1, -0.05) is 58.4 Å². The van der Waals surface area contributed by atoms with Crippen molar-refractivity contribution in [3.63, 3.8) is 0 Å². The zero-order chi connectivity index (χ0) is 19.2. The summed E-state index contributed by atoms with van der Waals surface area (Å²) in [5.41, 5.74) is 2.43. The van der Waals surface area contributed by atoms with Gasteiger partial charge in [0, 0.05) is 10.0 Å². The zero-order valence-corrected chi connectivity index (χ0v) is 16.4. The zero-order valence-electron chi connectivity index (χ0n) is 14.8. The molecule has 0 unspecified atom stereocenters. The molecule has 2 N–H and O–H groups in total. The van der Waals surface area contributed by atoms with Gasteiger partial charge in [0.2, 0.25) is 0 Å². The minimum atomic E-state index is -0.265. The van der Waals surface area contributed by atoms with E-state index in [1.54, 1.807) is 48.5 Å². The maximum absolute atomic E-state index is 12.7. The van der Waals surface area contributed by atoms with Crippen LogP contribution in [0.25, 0.3) is 0 Å². The summed E-state index contributed by atoms with van der Waals surface area (Å²) in [6.45, 7) is 1.93. The summed E-state index contributed by atoms with van der Waals surface area (Å²) in [5.74, 6) is -0.503. The van der Waals surface area contributed by atoms with Crippen LogP contribution in [0.1, 0.15) is 39.2 Å². The predicted octanol–water partition coefficient (Wildman–Crippen LogP) is 5.19. The van der Waals surface area contributed by atoms with Crippen LogP contribution < -0.4 is 10.6 Å². The SMILES string of the molecule is C[C@@H](NC(=O)c1ccccc1NC(=O)c1ccc(Br)cc1)c1ccccc1. The molecule has 1 atom stereocenters. The number of halogens is 1. The first-order chi connectivity index (χ1) is 13.0. The number of anilines is 1. The van der Waals surface area contributed by atoms with Crippen molar-refractivity contribution < 1.29 is 9.59 Å². The molecular weight excluding hydrogens is 404 g/mol. The van der Waals surface area contributed by atoms with Gasteiger partial charge in [-0.2, -0.15) is 0 Å². The van der Waals surface area contributed by atoms with Crippen molar-refractivity contribution >= 4 is 33.4 Å². The largest absolute Gasteiger partial charge is 0.345 e. The molecule has 27 heavy (non-hydrogen) atoms. The Balaban J connectivity index is 1.76. The van der Waals surface area contributed by atoms with Gasteiger partial charge >= 0.3 is 0 Å². The fraction of sp³-hybridized carbons (Fsp3) is 0.0909. The van der Waals surface area contributed by atoms with E-state index < -0.39 is 0 Å². The summed E-state index contributed by atoms with van der Waals surface area (Å²) in [7, 11) is 0. The van der Waals surface area contributed by atoms with Crippen LogP contribution in [-0.2, 0) is 0 Å². The molecule has 2 amide bonds. The van der Waals surface area contributed by atoms with E-state index in [9.17, 15) is 9.59 Å². The van der Waals surface area contributed by atoms with E-state index in [-0.39, 0.29) is 17.9 Å². The van der Waals surface area contributed by atoms with Crippen molar-refractivity contribution in [3.8, 4) is 0 Å². The van der Waals surface area contributed by atoms with Crippen LogP contribution in [0.2, 0.25) is 0 Å². The molecule has 0 aliphatic heterocycles. The normalized spacial score (nSPS) is 11.5. The number of carbonyl (C=O) groups excluding carboxylic acids is 2. The molecule has 0 aliphatic rings.